The molecule has 0 aliphatic rings. The van der Waals surface area contributed by atoms with E-state index in [2.05, 4.69) is 4.98 Å². The highest BCUT2D eigenvalue weighted by atomic mass is 19.1. The molecule has 17 heavy (non-hydrogen) atoms. The van der Waals surface area contributed by atoms with Gasteiger partial charge < -0.3 is 10.3 Å². The van der Waals surface area contributed by atoms with Crippen molar-refractivity contribution in [2.45, 2.75) is 26.4 Å². The first-order valence-corrected chi connectivity index (χ1v) is 5.66. The number of hydrogen-bond acceptors (Lipinski definition) is 2. The van der Waals surface area contributed by atoms with Crippen LogP contribution in [0.5, 0.6) is 0 Å². The van der Waals surface area contributed by atoms with Gasteiger partial charge in [-0.2, -0.15) is 0 Å². The molecule has 90 valence electrons. The Morgan fingerprint density at radius 1 is 1.47 bits per heavy atom. The van der Waals surface area contributed by atoms with Crippen molar-refractivity contribution in [3.63, 3.8) is 0 Å². The fourth-order valence-corrected chi connectivity index (χ4v) is 1.88. The van der Waals surface area contributed by atoms with Crippen molar-refractivity contribution in [3.8, 4) is 0 Å². The summed E-state index contributed by atoms with van der Waals surface area (Å²) in [5.41, 5.74) is 7.63. The van der Waals surface area contributed by atoms with Gasteiger partial charge in [0.05, 0.1) is 6.04 Å². The lowest BCUT2D eigenvalue weighted by Crippen LogP contribution is -2.17. The predicted octanol–water partition coefficient (Wildman–Crippen LogP) is 2.40. The summed E-state index contributed by atoms with van der Waals surface area (Å²) in [5, 5.41) is 0. The molecular formula is C13H16FN3. The lowest BCUT2D eigenvalue weighted by atomic mass is 10.0. The van der Waals surface area contributed by atoms with Gasteiger partial charge in [0.25, 0.3) is 0 Å². The molecule has 0 amide bonds. The van der Waals surface area contributed by atoms with Gasteiger partial charge >= 0.3 is 0 Å². The van der Waals surface area contributed by atoms with E-state index in [-0.39, 0.29) is 11.9 Å². The van der Waals surface area contributed by atoms with E-state index >= 15 is 0 Å². The minimum Gasteiger partial charge on any atom is -0.334 e. The largest absolute Gasteiger partial charge is 0.334 e. The fraction of sp³-hybridized carbons (Fsp3) is 0.308. The third-order valence-corrected chi connectivity index (χ3v) is 2.91. The molecule has 1 aromatic heterocycles. The van der Waals surface area contributed by atoms with Crippen LogP contribution >= 0.6 is 0 Å². The van der Waals surface area contributed by atoms with Gasteiger partial charge in [-0.3, -0.25) is 0 Å². The lowest BCUT2D eigenvalue weighted by molar-refractivity contribution is 0.614. The van der Waals surface area contributed by atoms with E-state index in [4.69, 9.17) is 5.73 Å². The highest BCUT2D eigenvalue weighted by Gasteiger charge is 2.14. The van der Waals surface area contributed by atoms with E-state index < -0.39 is 0 Å². The summed E-state index contributed by atoms with van der Waals surface area (Å²) < 4.78 is 15.2. The van der Waals surface area contributed by atoms with Crippen LogP contribution in [0.15, 0.2) is 30.6 Å². The number of benzene rings is 1. The van der Waals surface area contributed by atoms with Gasteiger partial charge in [-0.05, 0) is 31.0 Å². The molecule has 3 nitrogen and oxygen atoms in total. The molecule has 2 N–H and O–H groups in total. The van der Waals surface area contributed by atoms with Crippen molar-refractivity contribution in [1.82, 2.24) is 9.55 Å². The Balaban J connectivity index is 2.36. The maximum Gasteiger partial charge on any atom is 0.130 e. The molecule has 0 aliphatic carbocycles. The molecule has 4 heteroatoms. The predicted molar refractivity (Wildman–Crippen MR) is 65.1 cm³/mol. The number of halogens is 1. The Morgan fingerprint density at radius 2 is 2.24 bits per heavy atom. The first-order chi connectivity index (χ1) is 8.13. The summed E-state index contributed by atoms with van der Waals surface area (Å²) >= 11 is 0. The third-order valence-electron chi connectivity index (χ3n) is 2.91. The van der Waals surface area contributed by atoms with Crippen LogP contribution in [0, 0.1) is 12.7 Å². The van der Waals surface area contributed by atoms with E-state index in [9.17, 15) is 4.39 Å². The molecular weight excluding hydrogens is 217 g/mol. The Bertz CT molecular complexity index is 519. The smallest absolute Gasteiger partial charge is 0.130 e. The zero-order valence-corrected chi connectivity index (χ0v) is 10.0. The Labute approximate surface area is 100 Å². The molecule has 0 saturated heterocycles. The van der Waals surface area contributed by atoms with Crippen LogP contribution in [0.2, 0.25) is 0 Å². The SMILES string of the molecule is CCn1ccnc1C(N)c1ccc(F)c(C)c1. The van der Waals surface area contributed by atoms with Gasteiger partial charge in [0.2, 0.25) is 0 Å². The van der Waals surface area contributed by atoms with Crippen LogP contribution in [-0.2, 0) is 6.54 Å². The number of rotatable bonds is 3. The van der Waals surface area contributed by atoms with Gasteiger partial charge in [0.15, 0.2) is 0 Å². The standard InChI is InChI=1S/C13H16FN3/c1-3-17-7-6-16-13(17)12(15)10-4-5-11(14)9(2)8-10/h4-8,12H,3,15H2,1-2H3. The molecule has 2 rings (SSSR count). The molecule has 1 heterocycles. The Morgan fingerprint density at radius 3 is 2.88 bits per heavy atom. The molecule has 2 aromatic rings. The first-order valence-electron chi connectivity index (χ1n) is 5.66. The van der Waals surface area contributed by atoms with Crippen molar-refractivity contribution in [2.24, 2.45) is 5.73 Å². The fourth-order valence-electron chi connectivity index (χ4n) is 1.88. The summed E-state index contributed by atoms with van der Waals surface area (Å²) in [6, 6.07) is 4.62. The van der Waals surface area contributed by atoms with E-state index in [0.29, 0.717) is 5.56 Å². The average Bonchev–Trinajstić information content (AvgIpc) is 2.80. The quantitative estimate of drug-likeness (QED) is 0.884. The van der Waals surface area contributed by atoms with Gasteiger partial charge in [0.1, 0.15) is 11.6 Å². The van der Waals surface area contributed by atoms with Crippen LogP contribution < -0.4 is 5.73 Å². The summed E-state index contributed by atoms with van der Waals surface area (Å²) in [4.78, 5) is 4.26. The molecule has 0 spiro atoms. The first kappa shape index (κ1) is 11.8. The molecule has 0 saturated carbocycles. The summed E-state index contributed by atoms with van der Waals surface area (Å²) in [6.45, 7) is 4.59. The number of nitrogens with zero attached hydrogens (tertiary/aromatic N) is 2. The van der Waals surface area contributed by atoms with E-state index in [1.807, 2.05) is 17.7 Å². The van der Waals surface area contributed by atoms with Gasteiger partial charge in [-0.1, -0.05) is 12.1 Å². The zero-order valence-electron chi connectivity index (χ0n) is 10.0. The van der Waals surface area contributed by atoms with Gasteiger partial charge in [-0.25, -0.2) is 9.37 Å². The minimum atomic E-state index is -0.316. The zero-order chi connectivity index (χ0) is 12.4. The highest BCUT2D eigenvalue weighted by molar-refractivity contribution is 5.29. The van der Waals surface area contributed by atoms with Crippen molar-refractivity contribution in [1.29, 1.82) is 0 Å². The van der Waals surface area contributed by atoms with Crippen LogP contribution in [0.4, 0.5) is 4.39 Å². The second-order valence-electron chi connectivity index (χ2n) is 4.06. The second-order valence-corrected chi connectivity index (χ2v) is 4.06. The van der Waals surface area contributed by atoms with Crippen LogP contribution in [0.25, 0.3) is 0 Å². The van der Waals surface area contributed by atoms with Crippen molar-refractivity contribution < 1.29 is 4.39 Å². The average molecular weight is 233 g/mol. The number of nitrogens with two attached hydrogens (primary N) is 1. The lowest BCUT2D eigenvalue weighted by Gasteiger charge is -2.14. The van der Waals surface area contributed by atoms with E-state index in [1.165, 1.54) is 6.07 Å². The topological polar surface area (TPSA) is 43.8 Å². The van der Waals surface area contributed by atoms with Crippen LogP contribution in [0.3, 0.4) is 0 Å². The molecule has 1 aromatic carbocycles. The van der Waals surface area contributed by atoms with Gasteiger partial charge in [0, 0.05) is 18.9 Å². The van der Waals surface area contributed by atoms with Crippen LogP contribution in [0.1, 0.15) is 29.9 Å². The maximum absolute atomic E-state index is 13.2. The Kier molecular flexibility index (Phi) is 3.24. The number of imidazole rings is 1. The van der Waals surface area contributed by atoms with Crippen molar-refractivity contribution >= 4 is 0 Å². The third kappa shape index (κ3) is 2.22. The molecule has 1 atom stereocenters. The molecule has 0 radical (unpaired) electrons. The summed E-state index contributed by atoms with van der Waals surface area (Å²) in [6.07, 6.45) is 3.63. The number of hydrogen-bond donors (Lipinski definition) is 1. The summed E-state index contributed by atoms with van der Waals surface area (Å²) in [5.74, 6) is 0.596. The molecule has 0 aliphatic heterocycles. The number of aromatic nitrogens is 2. The molecule has 0 fully saturated rings. The molecule has 0 bridgehead atoms. The molecule has 1 unspecified atom stereocenters. The van der Waals surface area contributed by atoms with Crippen molar-refractivity contribution in [3.05, 3.63) is 53.4 Å². The second kappa shape index (κ2) is 4.67. The Hall–Kier alpha value is -1.68. The minimum absolute atomic E-state index is 0.209. The van der Waals surface area contributed by atoms with E-state index in [0.717, 1.165) is 17.9 Å². The van der Waals surface area contributed by atoms with E-state index in [1.54, 1.807) is 25.3 Å². The monoisotopic (exact) mass is 233 g/mol. The summed E-state index contributed by atoms with van der Waals surface area (Å²) in [7, 11) is 0. The normalized spacial score (nSPS) is 12.7. The number of aryl methyl sites for hydroxylation is 2. The van der Waals surface area contributed by atoms with Gasteiger partial charge in [-0.15, -0.1) is 0 Å². The maximum atomic E-state index is 13.2. The van der Waals surface area contributed by atoms with Crippen molar-refractivity contribution in [2.75, 3.05) is 0 Å². The van der Waals surface area contributed by atoms with Crippen LogP contribution in [-0.4, -0.2) is 9.55 Å². The highest BCUT2D eigenvalue weighted by Crippen LogP contribution is 2.20.